The number of nitrogens with zero attached hydrogens (tertiary/aromatic N) is 3. The summed E-state index contributed by atoms with van der Waals surface area (Å²) in [7, 11) is 1.53. The first-order valence-electron chi connectivity index (χ1n) is 7.93. The summed E-state index contributed by atoms with van der Waals surface area (Å²) in [5, 5.41) is 1.55. The highest BCUT2D eigenvalue weighted by atomic mass is 35.5. The molecule has 0 aliphatic rings. The molecule has 4 rings (SSSR count). The molecule has 0 fully saturated rings. The molecule has 0 atom stereocenters. The van der Waals surface area contributed by atoms with Crippen molar-refractivity contribution >= 4 is 39.4 Å². The number of ether oxygens (including phenoxy) is 1. The van der Waals surface area contributed by atoms with Gasteiger partial charge in [-0.2, -0.15) is 0 Å². The number of benzene rings is 1. The van der Waals surface area contributed by atoms with E-state index in [0.29, 0.717) is 28.5 Å². The molecular weight excluding hydrogens is 352 g/mol. The van der Waals surface area contributed by atoms with Gasteiger partial charge in [-0.25, -0.2) is 4.98 Å². The van der Waals surface area contributed by atoms with Crippen LogP contribution >= 0.6 is 11.6 Å². The van der Waals surface area contributed by atoms with Gasteiger partial charge in [-0.1, -0.05) is 17.7 Å². The minimum Gasteiger partial charge on any atom is -0.481 e. The van der Waals surface area contributed by atoms with E-state index in [4.69, 9.17) is 22.1 Å². The van der Waals surface area contributed by atoms with Crippen molar-refractivity contribution in [2.75, 3.05) is 7.11 Å². The zero-order valence-corrected chi connectivity index (χ0v) is 14.7. The van der Waals surface area contributed by atoms with E-state index in [1.807, 2.05) is 34.9 Å². The number of primary amides is 1. The minimum atomic E-state index is -0.524. The molecule has 0 aliphatic carbocycles. The lowest BCUT2D eigenvalue weighted by atomic mass is 10.1. The van der Waals surface area contributed by atoms with Gasteiger partial charge in [0.15, 0.2) is 0 Å². The third kappa shape index (κ3) is 2.84. The summed E-state index contributed by atoms with van der Waals surface area (Å²) in [6.07, 6.45) is 3.35. The molecule has 3 aromatic heterocycles. The molecule has 0 bridgehead atoms. The average Bonchev–Trinajstić information content (AvgIpc) is 2.99. The van der Waals surface area contributed by atoms with Crippen LogP contribution in [0.1, 0.15) is 15.9 Å². The van der Waals surface area contributed by atoms with Gasteiger partial charge in [0.25, 0.3) is 5.91 Å². The fraction of sp³-hybridized carbons (Fsp3) is 0.105. The van der Waals surface area contributed by atoms with Gasteiger partial charge in [0.05, 0.1) is 28.7 Å². The SMILES string of the molecule is COc1ccc2c(n1)c(C(N)=O)cn2Cc1ccc2ncc(Cl)cc2c1. The normalized spacial score (nSPS) is 11.2. The van der Waals surface area contributed by atoms with E-state index >= 15 is 0 Å². The Hall–Kier alpha value is -3.12. The van der Waals surface area contributed by atoms with E-state index in [1.54, 1.807) is 18.5 Å². The van der Waals surface area contributed by atoms with Gasteiger partial charge >= 0.3 is 0 Å². The second-order valence-corrected chi connectivity index (χ2v) is 6.37. The van der Waals surface area contributed by atoms with Crippen LogP contribution in [0.4, 0.5) is 0 Å². The summed E-state index contributed by atoms with van der Waals surface area (Å²) in [5.74, 6) is -0.0897. The first-order chi connectivity index (χ1) is 12.5. The van der Waals surface area contributed by atoms with Crippen molar-refractivity contribution < 1.29 is 9.53 Å². The van der Waals surface area contributed by atoms with Crippen molar-refractivity contribution in [1.29, 1.82) is 0 Å². The lowest BCUT2D eigenvalue weighted by Crippen LogP contribution is -2.10. The number of hydrogen-bond acceptors (Lipinski definition) is 4. The third-order valence-corrected chi connectivity index (χ3v) is 4.44. The van der Waals surface area contributed by atoms with Gasteiger partial charge in [-0.3, -0.25) is 9.78 Å². The molecule has 0 unspecified atom stereocenters. The maximum atomic E-state index is 11.8. The fourth-order valence-corrected chi connectivity index (χ4v) is 3.19. The zero-order chi connectivity index (χ0) is 18.3. The molecule has 26 heavy (non-hydrogen) atoms. The Morgan fingerprint density at radius 1 is 1.27 bits per heavy atom. The second-order valence-electron chi connectivity index (χ2n) is 5.94. The third-order valence-electron chi connectivity index (χ3n) is 4.24. The van der Waals surface area contributed by atoms with E-state index in [2.05, 4.69) is 9.97 Å². The van der Waals surface area contributed by atoms with Crippen molar-refractivity contribution in [1.82, 2.24) is 14.5 Å². The van der Waals surface area contributed by atoms with Gasteiger partial charge in [0.1, 0.15) is 5.52 Å². The maximum absolute atomic E-state index is 11.8. The summed E-state index contributed by atoms with van der Waals surface area (Å²) in [6, 6.07) is 11.5. The molecule has 7 heteroatoms. The topological polar surface area (TPSA) is 83.0 Å². The number of hydrogen-bond donors (Lipinski definition) is 1. The largest absolute Gasteiger partial charge is 0.481 e. The monoisotopic (exact) mass is 366 g/mol. The predicted octanol–water partition coefficient (Wildman–Crippen LogP) is 3.39. The van der Waals surface area contributed by atoms with E-state index in [9.17, 15) is 4.79 Å². The first kappa shape index (κ1) is 16.4. The number of carbonyl (C=O) groups excluding carboxylic acids is 1. The van der Waals surface area contributed by atoms with Gasteiger partial charge < -0.3 is 15.0 Å². The standard InChI is InChI=1S/C19H15ClN4O2/c1-26-17-5-4-16-18(23-17)14(19(21)25)10-24(16)9-11-2-3-15-12(6-11)7-13(20)8-22-15/h2-8,10H,9H2,1H3,(H2,21,25). The molecule has 1 aromatic carbocycles. The molecule has 0 aliphatic heterocycles. The molecule has 0 radical (unpaired) electrons. The Labute approximate surface area is 154 Å². The van der Waals surface area contributed by atoms with Crippen LogP contribution in [0.3, 0.4) is 0 Å². The summed E-state index contributed by atoms with van der Waals surface area (Å²) >= 11 is 6.04. The van der Waals surface area contributed by atoms with Crippen molar-refractivity contribution in [2.24, 2.45) is 5.73 Å². The number of halogens is 1. The summed E-state index contributed by atoms with van der Waals surface area (Å²) < 4.78 is 7.10. The van der Waals surface area contributed by atoms with Crippen LogP contribution < -0.4 is 10.5 Å². The molecule has 6 nitrogen and oxygen atoms in total. The highest BCUT2D eigenvalue weighted by Crippen LogP contribution is 2.24. The molecule has 4 aromatic rings. The lowest BCUT2D eigenvalue weighted by molar-refractivity contribution is 0.100. The first-order valence-corrected chi connectivity index (χ1v) is 8.31. The number of carbonyl (C=O) groups is 1. The molecule has 0 saturated heterocycles. The Kier molecular flexibility index (Phi) is 3.97. The van der Waals surface area contributed by atoms with E-state index in [0.717, 1.165) is 22.0 Å². The quantitative estimate of drug-likeness (QED) is 0.600. The van der Waals surface area contributed by atoms with Crippen molar-refractivity contribution in [3.8, 4) is 5.88 Å². The average molecular weight is 367 g/mol. The number of pyridine rings is 2. The van der Waals surface area contributed by atoms with Crippen molar-refractivity contribution in [3.63, 3.8) is 0 Å². The van der Waals surface area contributed by atoms with Crippen molar-refractivity contribution in [2.45, 2.75) is 6.54 Å². The summed E-state index contributed by atoms with van der Waals surface area (Å²) in [6.45, 7) is 0.556. The number of fused-ring (bicyclic) bond motifs is 2. The second kappa shape index (κ2) is 6.31. The Morgan fingerprint density at radius 3 is 2.88 bits per heavy atom. The summed E-state index contributed by atoms with van der Waals surface area (Å²) in [5.41, 5.74) is 9.14. The smallest absolute Gasteiger partial charge is 0.252 e. The zero-order valence-electron chi connectivity index (χ0n) is 13.9. The van der Waals surface area contributed by atoms with Crippen molar-refractivity contribution in [3.05, 3.63) is 64.9 Å². The molecular formula is C19H15ClN4O2. The van der Waals surface area contributed by atoms with Gasteiger partial charge in [-0.15, -0.1) is 0 Å². The predicted molar refractivity (Wildman–Crippen MR) is 101 cm³/mol. The van der Waals surface area contributed by atoms with Crippen LogP contribution in [-0.4, -0.2) is 27.6 Å². The Balaban J connectivity index is 1.80. The molecule has 130 valence electrons. The van der Waals surface area contributed by atoms with Crippen LogP contribution in [0.2, 0.25) is 5.02 Å². The van der Waals surface area contributed by atoms with E-state index < -0.39 is 5.91 Å². The van der Waals surface area contributed by atoms with Crippen LogP contribution in [0.5, 0.6) is 5.88 Å². The fourth-order valence-electron chi connectivity index (χ4n) is 3.02. The lowest BCUT2D eigenvalue weighted by Gasteiger charge is -2.07. The molecule has 1 amide bonds. The Morgan fingerprint density at radius 2 is 2.12 bits per heavy atom. The number of methoxy groups -OCH3 is 1. The molecule has 2 N–H and O–H groups in total. The summed E-state index contributed by atoms with van der Waals surface area (Å²) in [4.78, 5) is 20.5. The van der Waals surface area contributed by atoms with Gasteiger partial charge in [-0.05, 0) is 29.8 Å². The number of nitrogens with two attached hydrogens (primary N) is 1. The molecule has 0 spiro atoms. The molecule has 0 saturated carbocycles. The van der Waals surface area contributed by atoms with Crippen LogP contribution in [0.25, 0.3) is 21.9 Å². The maximum Gasteiger partial charge on any atom is 0.252 e. The Bertz CT molecular complexity index is 1150. The van der Waals surface area contributed by atoms with E-state index in [-0.39, 0.29) is 0 Å². The highest BCUT2D eigenvalue weighted by Gasteiger charge is 2.15. The van der Waals surface area contributed by atoms with Crippen LogP contribution in [0.15, 0.2) is 48.8 Å². The van der Waals surface area contributed by atoms with Crippen LogP contribution in [0, 0.1) is 0 Å². The highest BCUT2D eigenvalue weighted by molar-refractivity contribution is 6.31. The van der Waals surface area contributed by atoms with Gasteiger partial charge in [0.2, 0.25) is 5.88 Å². The van der Waals surface area contributed by atoms with Gasteiger partial charge in [0, 0.05) is 30.4 Å². The van der Waals surface area contributed by atoms with E-state index in [1.165, 1.54) is 7.11 Å². The minimum absolute atomic E-state index is 0.365. The number of aromatic nitrogens is 3. The van der Waals surface area contributed by atoms with Crippen LogP contribution in [-0.2, 0) is 6.54 Å². The number of amides is 1. The number of rotatable bonds is 4. The molecule has 3 heterocycles.